The highest BCUT2D eigenvalue weighted by Gasteiger charge is 2.38. The average Bonchev–Trinajstić information content (AvgIpc) is 2.85. The van der Waals surface area contributed by atoms with E-state index < -0.39 is 0 Å². The molecule has 0 spiro atoms. The molecule has 1 saturated carbocycles. The van der Waals surface area contributed by atoms with Crippen molar-refractivity contribution in [3.05, 3.63) is 11.6 Å². The smallest absolute Gasteiger partial charge is 0.245 e. The number of amides is 1. The maximum Gasteiger partial charge on any atom is 0.245 e. The molecule has 2 fully saturated rings. The summed E-state index contributed by atoms with van der Waals surface area (Å²) in [6.07, 6.45) is 6.20. The predicted molar refractivity (Wildman–Crippen MR) is 94.6 cm³/mol. The zero-order valence-corrected chi connectivity index (χ0v) is 15.5. The lowest BCUT2D eigenvalue weighted by Gasteiger charge is -2.38. The Hall–Kier alpha value is -0.620. The second-order valence-electron chi connectivity index (χ2n) is 6.99. The Labute approximate surface area is 152 Å². The third-order valence-electron chi connectivity index (χ3n) is 5.00. The van der Waals surface area contributed by atoms with Gasteiger partial charge in [0.25, 0.3) is 0 Å². The molecule has 1 N–H and O–H groups in total. The van der Waals surface area contributed by atoms with E-state index in [1.165, 1.54) is 0 Å². The van der Waals surface area contributed by atoms with Gasteiger partial charge < -0.3 is 9.47 Å². The monoisotopic (exact) mass is 374 g/mol. The second kappa shape index (κ2) is 7.73. The summed E-state index contributed by atoms with van der Waals surface area (Å²) >= 11 is 12.6. The Bertz CT molecular complexity index is 540. The molecular formula is C17H24Cl2N2O3. The molecule has 7 heteroatoms. The van der Waals surface area contributed by atoms with Crippen LogP contribution in [-0.4, -0.2) is 47.8 Å². The first-order chi connectivity index (χ1) is 11.4. The van der Waals surface area contributed by atoms with Gasteiger partial charge in [-0.2, -0.15) is 5.10 Å². The van der Waals surface area contributed by atoms with E-state index in [4.69, 9.17) is 32.7 Å². The summed E-state index contributed by atoms with van der Waals surface area (Å²) in [5, 5.41) is 4.11. The van der Waals surface area contributed by atoms with E-state index >= 15 is 0 Å². The molecule has 1 amide bonds. The lowest BCUT2D eigenvalue weighted by molar-refractivity contribution is -0.126. The minimum Gasteiger partial charge on any atom is -0.375 e. The van der Waals surface area contributed by atoms with Gasteiger partial charge in [0.1, 0.15) is 0 Å². The van der Waals surface area contributed by atoms with Crippen LogP contribution < -0.4 is 5.43 Å². The minimum atomic E-state index is -0.148. The maximum absolute atomic E-state index is 12.2. The number of nitrogens with zero attached hydrogens (tertiary/aromatic N) is 1. The van der Waals surface area contributed by atoms with Gasteiger partial charge in [0, 0.05) is 11.3 Å². The fourth-order valence-corrected chi connectivity index (χ4v) is 4.77. The number of hydrogen-bond donors (Lipinski definition) is 1. The van der Waals surface area contributed by atoms with Gasteiger partial charge in [-0.1, -0.05) is 6.08 Å². The highest BCUT2D eigenvalue weighted by Crippen LogP contribution is 2.37. The van der Waals surface area contributed by atoms with Crippen molar-refractivity contribution >= 4 is 35.3 Å². The fraction of sp³-hybridized carbons (Fsp3) is 0.765. The first-order valence-corrected chi connectivity index (χ1v) is 9.40. The number of halogens is 2. The van der Waals surface area contributed by atoms with Crippen LogP contribution in [0.1, 0.15) is 33.1 Å². The zero-order chi connectivity index (χ0) is 17.3. The molecule has 0 aromatic rings. The van der Waals surface area contributed by atoms with Crippen LogP contribution in [0.5, 0.6) is 0 Å². The minimum absolute atomic E-state index is 0.0198. The molecule has 7 unspecified atom stereocenters. The summed E-state index contributed by atoms with van der Waals surface area (Å²) in [6, 6.07) is 0. The SMILES string of the molecule is CC1CC(C(=O)N/N=C/C2=CC3CC(Cl)CC(Cl)C3OC2)C(C)O1. The van der Waals surface area contributed by atoms with Gasteiger partial charge >= 0.3 is 0 Å². The van der Waals surface area contributed by atoms with E-state index in [9.17, 15) is 4.79 Å². The van der Waals surface area contributed by atoms with Gasteiger partial charge in [0.2, 0.25) is 5.91 Å². The van der Waals surface area contributed by atoms with Crippen molar-refractivity contribution in [2.24, 2.45) is 16.9 Å². The molecule has 134 valence electrons. The lowest BCUT2D eigenvalue weighted by atomic mass is 9.83. The van der Waals surface area contributed by atoms with Crippen LogP contribution in [0.3, 0.4) is 0 Å². The summed E-state index contributed by atoms with van der Waals surface area (Å²) < 4.78 is 11.5. The second-order valence-corrected chi connectivity index (χ2v) is 8.17. The molecule has 3 aliphatic rings. The molecule has 2 heterocycles. The van der Waals surface area contributed by atoms with E-state index in [-0.39, 0.29) is 46.8 Å². The number of rotatable bonds is 3. The normalized spacial score (nSPS) is 42.7. The first-order valence-electron chi connectivity index (χ1n) is 8.53. The molecule has 1 aliphatic carbocycles. The number of fused-ring (bicyclic) bond motifs is 1. The molecule has 0 aromatic heterocycles. The Balaban J connectivity index is 1.55. The van der Waals surface area contributed by atoms with Gasteiger partial charge in [-0.3, -0.25) is 4.79 Å². The van der Waals surface area contributed by atoms with Crippen LogP contribution in [0.15, 0.2) is 16.8 Å². The largest absolute Gasteiger partial charge is 0.375 e. The van der Waals surface area contributed by atoms with Gasteiger partial charge in [0.05, 0.1) is 42.4 Å². The van der Waals surface area contributed by atoms with E-state index in [2.05, 4.69) is 16.6 Å². The Morgan fingerprint density at radius 2 is 2.12 bits per heavy atom. The molecule has 0 aromatic carbocycles. The number of carbonyl (C=O) groups is 1. The third kappa shape index (κ3) is 4.13. The Kier molecular flexibility index (Phi) is 5.85. The van der Waals surface area contributed by atoms with Crippen LogP contribution in [0.2, 0.25) is 0 Å². The summed E-state index contributed by atoms with van der Waals surface area (Å²) in [6.45, 7) is 4.35. The molecule has 24 heavy (non-hydrogen) atoms. The Morgan fingerprint density at radius 3 is 2.83 bits per heavy atom. The van der Waals surface area contributed by atoms with Crippen molar-refractivity contribution in [1.82, 2.24) is 5.43 Å². The molecule has 5 nitrogen and oxygen atoms in total. The summed E-state index contributed by atoms with van der Waals surface area (Å²) in [7, 11) is 0. The van der Waals surface area contributed by atoms with Crippen LogP contribution in [0.4, 0.5) is 0 Å². The molecule has 0 bridgehead atoms. The number of carbonyl (C=O) groups excluding carboxylic acids is 1. The summed E-state index contributed by atoms with van der Waals surface area (Å²) in [5.41, 5.74) is 3.55. The quantitative estimate of drug-likeness (QED) is 0.469. The lowest BCUT2D eigenvalue weighted by Crippen LogP contribution is -2.42. The predicted octanol–water partition coefficient (Wildman–Crippen LogP) is 2.85. The van der Waals surface area contributed by atoms with Crippen molar-refractivity contribution < 1.29 is 14.3 Å². The standard InChI is InChI=1S/C17H24Cl2N2O3/c1-9-3-14(10(2)24-9)17(22)21-20-7-11-4-12-5-13(18)6-15(19)16(12)23-8-11/h4,7,9-10,12-16H,3,5-6,8H2,1-2H3,(H,21,22)/b20-7+. The highest BCUT2D eigenvalue weighted by molar-refractivity contribution is 6.24. The average molecular weight is 375 g/mol. The summed E-state index contributed by atoms with van der Waals surface area (Å²) in [5.74, 6) is -0.0400. The highest BCUT2D eigenvalue weighted by atomic mass is 35.5. The molecule has 0 radical (unpaired) electrons. The van der Waals surface area contributed by atoms with E-state index in [0.717, 1.165) is 24.8 Å². The fourth-order valence-electron chi connectivity index (χ4n) is 3.81. The van der Waals surface area contributed by atoms with Crippen molar-refractivity contribution in [2.45, 2.75) is 62.2 Å². The van der Waals surface area contributed by atoms with Crippen LogP contribution in [0, 0.1) is 11.8 Å². The van der Waals surface area contributed by atoms with Crippen molar-refractivity contribution in [2.75, 3.05) is 6.61 Å². The molecular weight excluding hydrogens is 351 g/mol. The van der Waals surface area contributed by atoms with Crippen LogP contribution in [0.25, 0.3) is 0 Å². The molecule has 1 saturated heterocycles. The number of nitrogens with one attached hydrogen (secondary N) is 1. The van der Waals surface area contributed by atoms with Gasteiger partial charge in [-0.05, 0) is 38.7 Å². The number of hydrogen-bond acceptors (Lipinski definition) is 4. The zero-order valence-electron chi connectivity index (χ0n) is 14.0. The number of hydrazone groups is 1. The third-order valence-corrected chi connectivity index (χ3v) is 5.78. The van der Waals surface area contributed by atoms with Gasteiger partial charge in [-0.25, -0.2) is 5.43 Å². The molecule has 3 rings (SSSR count). The molecule has 7 atom stereocenters. The molecule has 2 aliphatic heterocycles. The van der Waals surface area contributed by atoms with E-state index in [1.54, 1.807) is 6.21 Å². The van der Waals surface area contributed by atoms with E-state index in [1.807, 2.05) is 13.8 Å². The topological polar surface area (TPSA) is 59.9 Å². The Morgan fingerprint density at radius 1 is 1.33 bits per heavy atom. The van der Waals surface area contributed by atoms with Crippen LogP contribution in [-0.2, 0) is 14.3 Å². The van der Waals surface area contributed by atoms with Crippen LogP contribution >= 0.6 is 23.2 Å². The van der Waals surface area contributed by atoms with Gasteiger partial charge in [-0.15, -0.1) is 23.2 Å². The van der Waals surface area contributed by atoms with Crippen molar-refractivity contribution in [3.63, 3.8) is 0 Å². The summed E-state index contributed by atoms with van der Waals surface area (Å²) in [4.78, 5) is 12.2. The number of alkyl halides is 2. The van der Waals surface area contributed by atoms with Crippen molar-refractivity contribution in [1.29, 1.82) is 0 Å². The van der Waals surface area contributed by atoms with Gasteiger partial charge in [0.15, 0.2) is 0 Å². The van der Waals surface area contributed by atoms with Crippen molar-refractivity contribution in [3.8, 4) is 0 Å². The van der Waals surface area contributed by atoms with E-state index in [0.29, 0.717) is 6.61 Å². The number of ether oxygens (including phenoxy) is 2. The maximum atomic E-state index is 12.2. The first kappa shape index (κ1) is 18.2.